The van der Waals surface area contributed by atoms with E-state index < -0.39 is 0 Å². The van der Waals surface area contributed by atoms with Gasteiger partial charge in [0.15, 0.2) is 0 Å². The molecule has 5 rings (SSSR count). The quantitative estimate of drug-likeness (QED) is 0.570. The van der Waals surface area contributed by atoms with E-state index in [1.54, 1.807) is 19.3 Å². The molecular formula is C27H33N5O3. The first-order valence-corrected chi connectivity index (χ1v) is 12.6. The van der Waals surface area contributed by atoms with Crippen molar-refractivity contribution in [3.63, 3.8) is 0 Å². The summed E-state index contributed by atoms with van der Waals surface area (Å²) in [7, 11) is 1.61. The maximum absolute atomic E-state index is 12.8. The minimum Gasteiger partial charge on any atom is -0.493 e. The first-order valence-electron chi connectivity index (χ1n) is 12.6. The van der Waals surface area contributed by atoms with Crippen molar-refractivity contribution >= 4 is 22.5 Å². The Morgan fingerprint density at radius 3 is 2.57 bits per heavy atom. The lowest BCUT2D eigenvalue weighted by Gasteiger charge is -2.36. The van der Waals surface area contributed by atoms with E-state index in [0.717, 1.165) is 91.9 Å². The molecule has 1 aliphatic heterocycles. The highest BCUT2D eigenvalue weighted by atomic mass is 16.5. The lowest BCUT2D eigenvalue weighted by atomic mass is 9.89. The number of carbonyl (C=O) groups is 1. The molecule has 8 heteroatoms. The number of amides is 1. The Hall–Kier alpha value is -3.39. The Labute approximate surface area is 205 Å². The SMILES string of the molecule is CCOc1cc(CN2CCN(c3ccc(C(=O)NC)nc3)CC2)cc2[nH]c(=O)c3c(c12)CCCC3. The minimum atomic E-state index is -0.176. The zero-order valence-corrected chi connectivity index (χ0v) is 20.5. The second kappa shape index (κ2) is 10.1. The number of carbonyl (C=O) groups excluding carboxylic acids is 1. The van der Waals surface area contributed by atoms with Crippen molar-refractivity contribution in [1.29, 1.82) is 0 Å². The molecule has 0 spiro atoms. The normalized spacial score (nSPS) is 16.2. The lowest BCUT2D eigenvalue weighted by molar-refractivity contribution is 0.0958. The van der Waals surface area contributed by atoms with Crippen LogP contribution in [-0.2, 0) is 19.4 Å². The van der Waals surface area contributed by atoms with Gasteiger partial charge in [-0.1, -0.05) is 0 Å². The van der Waals surface area contributed by atoms with Crippen molar-refractivity contribution in [3.05, 3.63) is 63.2 Å². The number of nitrogens with zero attached hydrogens (tertiary/aromatic N) is 3. The number of benzene rings is 1. The molecule has 0 saturated carbocycles. The molecule has 0 atom stereocenters. The van der Waals surface area contributed by atoms with Gasteiger partial charge < -0.3 is 19.9 Å². The van der Waals surface area contributed by atoms with Crippen molar-refractivity contribution in [2.24, 2.45) is 0 Å². The minimum absolute atomic E-state index is 0.0523. The van der Waals surface area contributed by atoms with Crippen molar-refractivity contribution in [2.75, 3.05) is 44.7 Å². The van der Waals surface area contributed by atoms with E-state index in [1.807, 2.05) is 13.0 Å². The number of aryl methyl sites for hydroxylation is 1. The van der Waals surface area contributed by atoms with Gasteiger partial charge in [-0.25, -0.2) is 4.98 Å². The zero-order valence-electron chi connectivity index (χ0n) is 20.5. The molecule has 3 heterocycles. The van der Waals surface area contributed by atoms with E-state index in [0.29, 0.717) is 12.3 Å². The van der Waals surface area contributed by atoms with E-state index in [-0.39, 0.29) is 11.5 Å². The van der Waals surface area contributed by atoms with Gasteiger partial charge in [-0.05, 0) is 68.0 Å². The van der Waals surface area contributed by atoms with Crippen LogP contribution >= 0.6 is 0 Å². The van der Waals surface area contributed by atoms with Crippen LogP contribution in [0, 0.1) is 0 Å². The predicted molar refractivity (Wildman–Crippen MR) is 137 cm³/mol. The number of ether oxygens (including phenoxy) is 1. The van der Waals surface area contributed by atoms with Crippen LogP contribution in [0.15, 0.2) is 35.3 Å². The van der Waals surface area contributed by atoms with Gasteiger partial charge in [-0.3, -0.25) is 14.5 Å². The summed E-state index contributed by atoms with van der Waals surface area (Å²) >= 11 is 0. The second-order valence-corrected chi connectivity index (χ2v) is 9.31. The third kappa shape index (κ3) is 4.75. The molecule has 3 aromatic rings. The summed E-state index contributed by atoms with van der Waals surface area (Å²) in [6.45, 7) is 7.01. The van der Waals surface area contributed by atoms with Crippen LogP contribution in [0.1, 0.15) is 46.9 Å². The zero-order chi connectivity index (χ0) is 24.4. The summed E-state index contributed by atoms with van der Waals surface area (Å²) in [4.78, 5) is 36.6. The predicted octanol–water partition coefficient (Wildman–Crippen LogP) is 2.88. The van der Waals surface area contributed by atoms with E-state index >= 15 is 0 Å². The standard InChI is InChI=1S/C27H33N5O3/c1-3-35-24-15-18(14-23-25(24)20-6-4-5-7-21(20)26(33)30-23)17-31-10-12-32(13-11-31)19-8-9-22(29-16-19)27(34)28-2/h8-9,14-16H,3-7,10-13,17H2,1-2H3,(H,28,34)(H,30,33). The van der Waals surface area contributed by atoms with Crippen molar-refractivity contribution in [1.82, 2.24) is 20.2 Å². The maximum Gasteiger partial charge on any atom is 0.269 e. The van der Waals surface area contributed by atoms with Crippen LogP contribution in [0.3, 0.4) is 0 Å². The summed E-state index contributed by atoms with van der Waals surface area (Å²) < 4.78 is 6.08. The molecule has 1 saturated heterocycles. The number of aromatic nitrogens is 2. The second-order valence-electron chi connectivity index (χ2n) is 9.31. The first kappa shape index (κ1) is 23.4. The van der Waals surface area contributed by atoms with Crippen molar-refractivity contribution in [3.8, 4) is 5.75 Å². The Balaban J connectivity index is 1.32. The molecule has 2 aromatic heterocycles. The summed E-state index contributed by atoms with van der Waals surface area (Å²) in [5.41, 5.74) is 5.66. The number of nitrogens with one attached hydrogen (secondary N) is 2. The van der Waals surface area contributed by atoms with Gasteiger partial charge in [0, 0.05) is 50.7 Å². The molecule has 0 unspecified atom stereocenters. The van der Waals surface area contributed by atoms with Crippen molar-refractivity contribution < 1.29 is 9.53 Å². The monoisotopic (exact) mass is 475 g/mol. The van der Waals surface area contributed by atoms with E-state index in [4.69, 9.17) is 4.74 Å². The Bertz CT molecular complexity index is 1280. The molecular weight excluding hydrogens is 442 g/mol. The molecule has 0 radical (unpaired) electrons. The highest BCUT2D eigenvalue weighted by Crippen LogP contribution is 2.34. The summed E-state index contributed by atoms with van der Waals surface area (Å²) in [5, 5.41) is 3.69. The number of pyridine rings is 2. The van der Waals surface area contributed by atoms with E-state index in [1.165, 1.54) is 5.56 Å². The first-order chi connectivity index (χ1) is 17.1. The third-order valence-electron chi connectivity index (χ3n) is 7.10. The van der Waals surface area contributed by atoms with Gasteiger partial charge in [-0.15, -0.1) is 0 Å². The number of anilines is 1. The number of rotatable bonds is 6. The van der Waals surface area contributed by atoms with E-state index in [2.05, 4.69) is 37.2 Å². The number of piperazine rings is 1. The number of H-pyrrole nitrogens is 1. The fraction of sp³-hybridized carbons (Fsp3) is 0.444. The highest BCUT2D eigenvalue weighted by molar-refractivity contribution is 5.92. The van der Waals surface area contributed by atoms with E-state index in [9.17, 15) is 9.59 Å². The van der Waals surface area contributed by atoms with Gasteiger partial charge >= 0.3 is 0 Å². The number of fused-ring (bicyclic) bond motifs is 3. The topological polar surface area (TPSA) is 90.6 Å². The molecule has 35 heavy (non-hydrogen) atoms. The molecule has 2 aliphatic rings. The molecule has 184 valence electrons. The fourth-order valence-corrected chi connectivity index (χ4v) is 5.33. The largest absolute Gasteiger partial charge is 0.493 e. The highest BCUT2D eigenvalue weighted by Gasteiger charge is 2.22. The average Bonchev–Trinajstić information content (AvgIpc) is 2.89. The fourth-order valence-electron chi connectivity index (χ4n) is 5.33. The molecule has 8 nitrogen and oxygen atoms in total. The Morgan fingerprint density at radius 1 is 1.11 bits per heavy atom. The van der Waals surface area contributed by atoms with Gasteiger partial charge in [0.05, 0.1) is 24.0 Å². The number of hydrogen-bond acceptors (Lipinski definition) is 6. The van der Waals surface area contributed by atoms with Crippen molar-refractivity contribution in [2.45, 2.75) is 39.2 Å². The Kier molecular flexibility index (Phi) is 6.72. The summed E-state index contributed by atoms with van der Waals surface area (Å²) in [6, 6.07) is 8.01. The third-order valence-corrected chi connectivity index (χ3v) is 7.10. The summed E-state index contributed by atoms with van der Waals surface area (Å²) in [5.74, 6) is 0.709. The van der Waals surface area contributed by atoms with Gasteiger partial charge in [0.25, 0.3) is 11.5 Å². The molecule has 0 bridgehead atoms. The van der Waals surface area contributed by atoms with Crippen LogP contribution < -0.4 is 20.5 Å². The van der Waals surface area contributed by atoms with Crippen LogP contribution in [0.5, 0.6) is 5.75 Å². The van der Waals surface area contributed by atoms with Gasteiger partial charge in [0.2, 0.25) is 0 Å². The van der Waals surface area contributed by atoms with Crippen LogP contribution in [0.2, 0.25) is 0 Å². The van der Waals surface area contributed by atoms with Gasteiger partial charge in [0.1, 0.15) is 11.4 Å². The average molecular weight is 476 g/mol. The van der Waals surface area contributed by atoms with Crippen LogP contribution in [0.4, 0.5) is 5.69 Å². The lowest BCUT2D eigenvalue weighted by Crippen LogP contribution is -2.46. The van der Waals surface area contributed by atoms with Crippen LogP contribution in [0.25, 0.3) is 10.9 Å². The molecule has 1 aliphatic carbocycles. The Morgan fingerprint density at radius 2 is 1.89 bits per heavy atom. The summed E-state index contributed by atoms with van der Waals surface area (Å²) in [6.07, 6.45) is 5.75. The molecule has 2 N–H and O–H groups in total. The molecule has 1 amide bonds. The molecule has 1 fully saturated rings. The number of hydrogen-bond donors (Lipinski definition) is 2. The maximum atomic E-state index is 12.8. The number of aromatic amines is 1. The smallest absolute Gasteiger partial charge is 0.269 e. The van der Waals surface area contributed by atoms with Gasteiger partial charge in [-0.2, -0.15) is 0 Å². The molecule has 1 aromatic carbocycles. The van der Waals surface area contributed by atoms with Crippen LogP contribution in [-0.4, -0.2) is 60.6 Å².